The minimum Gasteiger partial charge on any atom is -0.251 e. The second-order valence-electron chi connectivity index (χ2n) is 7.03. The summed E-state index contributed by atoms with van der Waals surface area (Å²) in [5.41, 5.74) is 4.48. The molecule has 148 valence electrons. The molecule has 0 N–H and O–H groups in total. The van der Waals surface area contributed by atoms with Gasteiger partial charge in [0.15, 0.2) is 11.6 Å². The predicted octanol–water partition coefficient (Wildman–Crippen LogP) is 7.92. The molecule has 0 aliphatic rings. The van der Waals surface area contributed by atoms with Gasteiger partial charge in [0.2, 0.25) is 0 Å². The Bertz CT molecular complexity index is 963. The zero-order valence-electron chi connectivity index (χ0n) is 16.7. The molecule has 3 aromatic carbocycles. The lowest BCUT2D eigenvalue weighted by atomic mass is 9.98. The Balaban J connectivity index is 1.78. The van der Waals surface area contributed by atoms with E-state index in [0.29, 0.717) is 5.56 Å². The van der Waals surface area contributed by atoms with E-state index in [1.54, 1.807) is 0 Å². The SMILES string of the molecule is C=CC=Nc1c(F)cc(-c2ccc(-c3ccc(CCCCC)cc3)cc2)cc1F. The van der Waals surface area contributed by atoms with E-state index in [1.807, 2.05) is 24.3 Å². The molecule has 29 heavy (non-hydrogen) atoms. The van der Waals surface area contributed by atoms with Gasteiger partial charge in [0, 0.05) is 6.21 Å². The Hall–Kier alpha value is -3.07. The summed E-state index contributed by atoms with van der Waals surface area (Å²) in [5.74, 6) is -1.39. The van der Waals surface area contributed by atoms with Gasteiger partial charge >= 0.3 is 0 Å². The van der Waals surface area contributed by atoms with Crippen LogP contribution in [0.15, 0.2) is 78.3 Å². The van der Waals surface area contributed by atoms with Crippen LogP contribution < -0.4 is 0 Å². The van der Waals surface area contributed by atoms with Crippen LogP contribution in [0.25, 0.3) is 22.3 Å². The zero-order valence-corrected chi connectivity index (χ0v) is 16.7. The number of hydrogen-bond acceptors (Lipinski definition) is 1. The molecule has 0 aromatic heterocycles. The van der Waals surface area contributed by atoms with E-state index in [4.69, 9.17) is 0 Å². The predicted molar refractivity (Wildman–Crippen MR) is 119 cm³/mol. The second-order valence-corrected chi connectivity index (χ2v) is 7.03. The van der Waals surface area contributed by atoms with E-state index >= 15 is 0 Å². The number of nitrogens with zero attached hydrogens (tertiary/aromatic N) is 1. The van der Waals surface area contributed by atoms with Gasteiger partial charge in [0.05, 0.1) is 0 Å². The van der Waals surface area contributed by atoms with Crippen molar-refractivity contribution in [1.29, 1.82) is 0 Å². The average Bonchev–Trinajstić information content (AvgIpc) is 2.74. The van der Waals surface area contributed by atoms with Crippen molar-refractivity contribution in [3.05, 3.63) is 90.5 Å². The highest BCUT2D eigenvalue weighted by molar-refractivity contribution is 5.75. The molecule has 0 heterocycles. The Morgan fingerprint density at radius 3 is 1.83 bits per heavy atom. The molecule has 1 nitrogen and oxygen atoms in total. The van der Waals surface area contributed by atoms with Crippen LogP contribution in [0.1, 0.15) is 31.7 Å². The molecule has 0 saturated heterocycles. The van der Waals surface area contributed by atoms with Crippen molar-refractivity contribution in [1.82, 2.24) is 0 Å². The fraction of sp³-hybridized carbons (Fsp3) is 0.192. The Labute approximate surface area is 171 Å². The maximum atomic E-state index is 14.2. The molecule has 0 saturated carbocycles. The summed E-state index contributed by atoms with van der Waals surface area (Å²) in [6.07, 6.45) is 7.45. The van der Waals surface area contributed by atoms with Gasteiger partial charge in [0.1, 0.15) is 5.69 Å². The first kappa shape index (κ1) is 20.7. The topological polar surface area (TPSA) is 12.4 Å². The highest BCUT2D eigenvalue weighted by Crippen LogP contribution is 2.30. The molecule has 0 radical (unpaired) electrons. The summed E-state index contributed by atoms with van der Waals surface area (Å²) in [6, 6.07) is 18.9. The number of benzene rings is 3. The lowest BCUT2D eigenvalue weighted by molar-refractivity contribution is 0.588. The lowest BCUT2D eigenvalue weighted by Crippen LogP contribution is -1.88. The first-order valence-corrected chi connectivity index (χ1v) is 9.96. The van der Waals surface area contributed by atoms with Gasteiger partial charge in [-0.1, -0.05) is 81.0 Å². The molecule has 3 aromatic rings. The maximum Gasteiger partial charge on any atom is 0.152 e. The van der Waals surface area contributed by atoms with Crippen molar-refractivity contribution in [2.45, 2.75) is 32.6 Å². The van der Waals surface area contributed by atoms with Crippen LogP contribution in [0.5, 0.6) is 0 Å². The maximum absolute atomic E-state index is 14.2. The quantitative estimate of drug-likeness (QED) is 0.274. The fourth-order valence-electron chi connectivity index (χ4n) is 3.28. The molecular formula is C26H25F2N. The Kier molecular flexibility index (Phi) is 7.07. The number of unbranched alkanes of at least 4 members (excludes halogenated alkanes) is 2. The van der Waals surface area contributed by atoms with Crippen molar-refractivity contribution in [3.8, 4) is 22.3 Å². The monoisotopic (exact) mass is 389 g/mol. The van der Waals surface area contributed by atoms with Crippen LogP contribution in [0, 0.1) is 11.6 Å². The van der Waals surface area contributed by atoms with Crippen molar-refractivity contribution >= 4 is 11.9 Å². The molecule has 3 rings (SSSR count). The highest BCUT2D eigenvalue weighted by Gasteiger charge is 2.11. The van der Waals surface area contributed by atoms with Gasteiger partial charge in [-0.25, -0.2) is 8.78 Å². The summed E-state index contributed by atoms with van der Waals surface area (Å²) in [7, 11) is 0. The highest BCUT2D eigenvalue weighted by atomic mass is 19.1. The van der Waals surface area contributed by atoms with Gasteiger partial charge in [0.25, 0.3) is 0 Å². The number of halogens is 2. The third-order valence-electron chi connectivity index (χ3n) is 4.90. The van der Waals surface area contributed by atoms with Crippen molar-refractivity contribution in [3.63, 3.8) is 0 Å². The van der Waals surface area contributed by atoms with E-state index in [0.717, 1.165) is 23.1 Å². The van der Waals surface area contributed by atoms with Crippen molar-refractivity contribution in [2.24, 2.45) is 4.99 Å². The minimum absolute atomic E-state index is 0.302. The minimum atomic E-state index is -0.694. The fourth-order valence-corrected chi connectivity index (χ4v) is 3.28. The largest absolute Gasteiger partial charge is 0.251 e. The molecule has 0 aliphatic carbocycles. The summed E-state index contributed by atoms with van der Waals surface area (Å²) in [5, 5.41) is 0. The van der Waals surface area contributed by atoms with E-state index in [2.05, 4.69) is 42.8 Å². The number of allylic oxidation sites excluding steroid dienone is 1. The summed E-state index contributed by atoms with van der Waals surface area (Å²) in [4.78, 5) is 3.75. The van der Waals surface area contributed by atoms with Gasteiger partial charge in [-0.3, -0.25) is 4.99 Å². The van der Waals surface area contributed by atoms with Gasteiger partial charge in [-0.2, -0.15) is 0 Å². The summed E-state index contributed by atoms with van der Waals surface area (Å²) in [6.45, 7) is 5.67. The Morgan fingerprint density at radius 1 is 0.793 bits per heavy atom. The van der Waals surface area contributed by atoms with Crippen molar-refractivity contribution in [2.75, 3.05) is 0 Å². The Morgan fingerprint density at radius 2 is 1.31 bits per heavy atom. The summed E-state index contributed by atoms with van der Waals surface area (Å²) < 4.78 is 28.5. The molecule has 0 amide bonds. The summed E-state index contributed by atoms with van der Waals surface area (Å²) >= 11 is 0. The molecule has 0 unspecified atom stereocenters. The first-order valence-electron chi connectivity index (χ1n) is 9.96. The van der Waals surface area contributed by atoms with E-state index in [1.165, 1.54) is 49.2 Å². The smallest absolute Gasteiger partial charge is 0.152 e. The average molecular weight is 389 g/mol. The van der Waals surface area contributed by atoms with E-state index in [9.17, 15) is 8.78 Å². The number of hydrogen-bond donors (Lipinski definition) is 0. The van der Waals surface area contributed by atoms with Crippen LogP contribution in [0.2, 0.25) is 0 Å². The van der Waals surface area contributed by atoms with Crippen LogP contribution in [-0.2, 0) is 6.42 Å². The van der Waals surface area contributed by atoms with E-state index in [-0.39, 0.29) is 5.69 Å². The van der Waals surface area contributed by atoms with E-state index < -0.39 is 11.6 Å². The molecule has 0 atom stereocenters. The van der Waals surface area contributed by atoms with Crippen LogP contribution in [0.4, 0.5) is 14.5 Å². The standard InChI is InChI=1S/C26H25F2N/c1-3-5-6-7-19-8-10-20(11-9-19)21-12-14-22(15-13-21)23-17-24(27)26(25(28)18-23)29-16-4-2/h4,8-18H,2-3,5-7H2,1H3. The van der Waals surface area contributed by atoms with Gasteiger partial charge in [-0.15, -0.1) is 0 Å². The third-order valence-corrected chi connectivity index (χ3v) is 4.90. The number of rotatable bonds is 8. The third kappa shape index (κ3) is 5.26. The number of aliphatic imine (C=N–C) groups is 1. The molecular weight excluding hydrogens is 364 g/mol. The molecule has 3 heteroatoms. The van der Waals surface area contributed by atoms with Crippen LogP contribution in [0.3, 0.4) is 0 Å². The van der Waals surface area contributed by atoms with Crippen LogP contribution in [-0.4, -0.2) is 6.21 Å². The van der Waals surface area contributed by atoms with Crippen LogP contribution >= 0.6 is 0 Å². The number of aryl methyl sites for hydroxylation is 1. The second kappa shape index (κ2) is 9.92. The van der Waals surface area contributed by atoms with Gasteiger partial charge < -0.3 is 0 Å². The van der Waals surface area contributed by atoms with Gasteiger partial charge in [-0.05, 0) is 52.8 Å². The molecule has 0 fully saturated rings. The lowest BCUT2D eigenvalue weighted by Gasteiger charge is -2.08. The molecule has 0 aliphatic heterocycles. The molecule has 0 spiro atoms. The normalized spacial score (nSPS) is 11.1. The first-order chi connectivity index (χ1) is 14.1. The molecule has 0 bridgehead atoms. The van der Waals surface area contributed by atoms with Crippen molar-refractivity contribution < 1.29 is 8.78 Å². The zero-order chi connectivity index (χ0) is 20.6.